The number of hydrogen-bond donors (Lipinski definition) is 0. The Hall–Kier alpha value is -1.84. The van der Waals surface area contributed by atoms with Crippen LogP contribution in [-0.2, 0) is 6.42 Å². The molecule has 19 heavy (non-hydrogen) atoms. The molecule has 0 saturated carbocycles. The topological polar surface area (TPSA) is 42.2 Å². The van der Waals surface area contributed by atoms with Crippen LogP contribution in [0.3, 0.4) is 0 Å². The van der Waals surface area contributed by atoms with Gasteiger partial charge in [-0.3, -0.25) is 0 Å². The molecule has 0 aliphatic carbocycles. The van der Waals surface area contributed by atoms with Gasteiger partial charge in [0, 0.05) is 19.5 Å². The highest BCUT2D eigenvalue weighted by molar-refractivity contribution is 5.23. The molecule has 1 heterocycles. The normalized spacial score (nSPS) is 10.9. The SMILES string of the molecule is CC(C)c1noc(N(C)CCCc2ccccc2)n1. The monoisotopic (exact) mass is 259 g/mol. The Kier molecular flexibility index (Phi) is 4.55. The highest BCUT2D eigenvalue weighted by atomic mass is 16.5. The number of benzene rings is 1. The first-order chi connectivity index (χ1) is 9.16. The van der Waals surface area contributed by atoms with Gasteiger partial charge < -0.3 is 9.42 Å². The molecule has 0 amide bonds. The molecule has 0 radical (unpaired) electrons. The minimum absolute atomic E-state index is 0.301. The number of anilines is 1. The quantitative estimate of drug-likeness (QED) is 0.798. The Labute approximate surface area is 114 Å². The Bertz CT molecular complexity index is 493. The van der Waals surface area contributed by atoms with Crippen LogP contribution >= 0.6 is 0 Å². The van der Waals surface area contributed by atoms with E-state index in [-0.39, 0.29) is 0 Å². The van der Waals surface area contributed by atoms with E-state index in [1.54, 1.807) is 0 Å². The molecule has 0 bridgehead atoms. The van der Waals surface area contributed by atoms with Crippen molar-refractivity contribution in [2.75, 3.05) is 18.5 Å². The van der Waals surface area contributed by atoms with E-state index in [0.29, 0.717) is 11.9 Å². The second kappa shape index (κ2) is 6.36. The molecule has 1 aromatic heterocycles. The van der Waals surface area contributed by atoms with E-state index in [2.05, 4.69) is 48.3 Å². The van der Waals surface area contributed by atoms with E-state index in [1.165, 1.54) is 5.56 Å². The van der Waals surface area contributed by atoms with Gasteiger partial charge in [0.15, 0.2) is 5.82 Å². The Morgan fingerprint density at radius 2 is 1.95 bits per heavy atom. The number of hydrogen-bond acceptors (Lipinski definition) is 4. The molecular formula is C15H21N3O. The summed E-state index contributed by atoms with van der Waals surface area (Å²) in [5.74, 6) is 1.07. The first-order valence-electron chi connectivity index (χ1n) is 6.75. The molecule has 2 rings (SSSR count). The summed E-state index contributed by atoms with van der Waals surface area (Å²) in [6.45, 7) is 5.03. The van der Waals surface area contributed by atoms with E-state index in [0.717, 1.165) is 25.2 Å². The fourth-order valence-electron chi connectivity index (χ4n) is 1.88. The molecule has 0 atom stereocenters. The zero-order valence-electron chi connectivity index (χ0n) is 11.8. The third-order valence-corrected chi connectivity index (χ3v) is 3.08. The Balaban J connectivity index is 1.82. The molecule has 4 heteroatoms. The van der Waals surface area contributed by atoms with Crippen molar-refractivity contribution >= 4 is 6.01 Å². The third-order valence-electron chi connectivity index (χ3n) is 3.08. The van der Waals surface area contributed by atoms with E-state index in [1.807, 2.05) is 18.0 Å². The largest absolute Gasteiger partial charge is 0.327 e. The molecule has 0 aliphatic heterocycles. The van der Waals surface area contributed by atoms with Crippen LogP contribution in [0.5, 0.6) is 0 Å². The van der Waals surface area contributed by atoms with Crippen LogP contribution in [0.1, 0.15) is 37.6 Å². The average molecular weight is 259 g/mol. The van der Waals surface area contributed by atoms with E-state index in [9.17, 15) is 0 Å². The molecule has 0 aliphatic rings. The molecule has 102 valence electrons. The maximum Gasteiger partial charge on any atom is 0.323 e. The van der Waals surface area contributed by atoms with Gasteiger partial charge in [-0.25, -0.2) is 0 Å². The van der Waals surface area contributed by atoms with Gasteiger partial charge >= 0.3 is 6.01 Å². The molecule has 0 saturated heterocycles. The number of nitrogens with zero attached hydrogens (tertiary/aromatic N) is 3. The van der Waals surface area contributed by atoms with Crippen molar-refractivity contribution in [2.45, 2.75) is 32.6 Å². The summed E-state index contributed by atoms with van der Waals surface area (Å²) in [6.07, 6.45) is 2.14. The summed E-state index contributed by atoms with van der Waals surface area (Å²) < 4.78 is 5.26. The predicted octanol–water partition coefficient (Wildman–Crippen LogP) is 3.26. The van der Waals surface area contributed by atoms with Crippen molar-refractivity contribution < 1.29 is 4.52 Å². The summed E-state index contributed by atoms with van der Waals surface area (Å²) in [5, 5.41) is 3.98. The lowest BCUT2D eigenvalue weighted by atomic mass is 10.1. The lowest BCUT2D eigenvalue weighted by Gasteiger charge is -2.13. The summed E-state index contributed by atoms with van der Waals surface area (Å²) in [5.41, 5.74) is 1.37. The number of aryl methyl sites for hydroxylation is 1. The first-order valence-corrected chi connectivity index (χ1v) is 6.75. The second-order valence-corrected chi connectivity index (χ2v) is 5.10. The lowest BCUT2D eigenvalue weighted by Crippen LogP contribution is -2.19. The van der Waals surface area contributed by atoms with Crippen LogP contribution in [0, 0.1) is 0 Å². The number of aromatic nitrogens is 2. The highest BCUT2D eigenvalue weighted by Gasteiger charge is 2.12. The summed E-state index contributed by atoms with van der Waals surface area (Å²) in [6, 6.07) is 11.1. The van der Waals surface area contributed by atoms with Gasteiger partial charge in [-0.2, -0.15) is 4.98 Å². The predicted molar refractivity (Wildman–Crippen MR) is 76.4 cm³/mol. The average Bonchev–Trinajstić information content (AvgIpc) is 2.89. The summed E-state index contributed by atoms with van der Waals surface area (Å²) in [7, 11) is 1.99. The zero-order chi connectivity index (χ0) is 13.7. The smallest absolute Gasteiger partial charge is 0.323 e. The van der Waals surface area contributed by atoms with Crippen molar-refractivity contribution in [3.05, 3.63) is 41.7 Å². The fraction of sp³-hybridized carbons (Fsp3) is 0.467. The van der Waals surface area contributed by atoms with Crippen molar-refractivity contribution in [3.63, 3.8) is 0 Å². The minimum atomic E-state index is 0.301. The van der Waals surface area contributed by atoms with Crippen LogP contribution in [0.15, 0.2) is 34.9 Å². The molecule has 0 fully saturated rings. The maximum absolute atomic E-state index is 5.26. The van der Waals surface area contributed by atoms with Gasteiger partial charge in [0.05, 0.1) is 0 Å². The molecular weight excluding hydrogens is 238 g/mol. The van der Waals surface area contributed by atoms with E-state index >= 15 is 0 Å². The standard InChI is InChI=1S/C15H21N3O/c1-12(2)14-16-15(19-17-14)18(3)11-7-10-13-8-5-4-6-9-13/h4-6,8-9,12H,7,10-11H2,1-3H3. The van der Waals surface area contributed by atoms with Gasteiger partial charge in [-0.15, -0.1) is 0 Å². The Morgan fingerprint density at radius 3 is 2.58 bits per heavy atom. The van der Waals surface area contributed by atoms with Crippen molar-refractivity contribution in [1.82, 2.24) is 10.1 Å². The van der Waals surface area contributed by atoms with Crippen LogP contribution < -0.4 is 4.90 Å². The van der Waals surface area contributed by atoms with Gasteiger partial charge in [-0.1, -0.05) is 49.3 Å². The molecule has 1 aromatic carbocycles. The molecule has 0 spiro atoms. The molecule has 4 nitrogen and oxygen atoms in total. The van der Waals surface area contributed by atoms with Crippen LogP contribution in [0.4, 0.5) is 6.01 Å². The van der Waals surface area contributed by atoms with Crippen LogP contribution in [-0.4, -0.2) is 23.7 Å². The van der Waals surface area contributed by atoms with E-state index in [4.69, 9.17) is 4.52 Å². The van der Waals surface area contributed by atoms with Gasteiger partial charge in [0.2, 0.25) is 0 Å². The number of rotatable bonds is 6. The summed E-state index contributed by atoms with van der Waals surface area (Å²) in [4.78, 5) is 6.40. The highest BCUT2D eigenvalue weighted by Crippen LogP contribution is 2.15. The molecule has 2 aromatic rings. The first kappa shape index (κ1) is 13.6. The summed E-state index contributed by atoms with van der Waals surface area (Å²) >= 11 is 0. The van der Waals surface area contributed by atoms with Crippen molar-refractivity contribution in [2.24, 2.45) is 0 Å². The lowest BCUT2D eigenvalue weighted by molar-refractivity contribution is 0.407. The van der Waals surface area contributed by atoms with Gasteiger partial charge in [-0.05, 0) is 18.4 Å². The van der Waals surface area contributed by atoms with Crippen molar-refractivity contribution in [3.8, 4) is 0 Å². The maximum atomic E-state index is 5.26. The Morgan fingerprint density at radius 1 is 1.21 bits per heavy atom. The fourth-order valence-corrected chi connectivity index (χ4v) is 1.88. The second-order valence-electron chi connectivity index (χ2n) is 5.10. The zero-order valence-corrected chi connectivity index (χ0v) is 11.8. The third kappa shape index (κ3) is 3.81. The molecule has 0 unspecified atom stereocenters. The van der Waals surface area contributed by atoms with Crippen molar-refractivity contribution in [1.29, 1.82) is 0 Å². The van der Waals surface area contributed by atoms with E-state index < -0.39 is 0 Å². The minimum Gasteiger partial charge on any atom is -0.327 e. The molecule has 0 N–H and O–H groups in total. The van der Waals surface area contributed by atoms with Crippen LogP contribution in [0.25, 0.3) is 0 Å². The van der Waals surface area contributed by atoms with Crippen LogP contribution in [0.2, 0.25) is 0 Å². The van der Waals surface area contributed by atoms with Gasteiger partial charge in [0.25, 0.3) is 0 Å². The van der Waals surface area contributed by atoms with Gasteiger partial charge in [0.1, 0.15) is 0 Å².